The molecule has 25 heavy (non-hydrogen) atoms. The molecule has 0 amide bonds. The second kappa shape index (κ2) is 7.44. The van der Waals surface area contributed by atoms with Crippen molar-refractivity contribution in [2.24, 2.45) is 11.8 Å². The van der Waals surface area contributed by atoms with Gasteiger partial charge in [-0.15, -0.1) is 0 Å². The molecule has 0 N–H and O–H groups in total. The molecular weight excluding hydrogens is 302 g/mol. The summed E-state index contributed by atoms with van der Waals surface area (Å²) in [7, 11) is 0. The molecule has 1 saturated carbocycles. The number of allylic oxidation sites excluding steroid dienone is 6. The molecule has 1 heteroatoms. The van der Waals surface area contributed by atoms with Crippen LogP contribution in [0.3, 0.4) is 0 Å². The quantitative estimate of drug-likeness (QED) is 0.597. The van der Waals surface area contributed by atoms with E-state index in [1.165, 1.54) is 50.5 Å². The largest absolute Gasteiger partial charge is 0.192 e. The van der Waals surface area contributed by atoms with E-state index in [4.69, 9.17) is 0 Å². The van der Waals surface area contributed by atoms with Crippen molar-refractivity contribution in [2.75, 3.05) is 0 Å². The smallest absolute Gasteiger partial charge is 0.0994 e. The number of rotatable bonds is 1. The first-order valence-corrected chi connectivity index (χ1v) is 9.92. The predicted octanol–water partition coefficient (Wildman–Crippen LogP) is 6.25. The van der Waals surface area contributed by atoms with Crippen LogP contribution in [0.15, 0.2) is 59.7 Å². The molecular formula is C24H27N. The van der Waals surface area contributed by atoms with Gasteiger partial charge >= 0.3 is 0 Å². The SMILES string of the molecule is N#CC1=CC=CCC=C1C1CCCC2c3ccccc3CCC2CC1. The van der Waals surface area contributed by atoms with Gasteiger partial charge in [-0.25, -0.2) is 0 Å². The highest BCUT2D eigenvalue weighted by atomic mass is 14.4. The van der Waals surface area contributed by atoms with E-state index in [1.54, 1.807) is 11.1 Å². The van der Waals surface area contributed by atoms with Gasteiger partial charge in [-0.3, -0.25) is 0 Å². The van der Waals surface area contributed by atoms with E-state index in [-0.39, 0.29) is 0 Å². The van der Waals surface area contributed by atoms with Gasteiger partial charge < -0.3 is 0 Å². The molecule has 0 aromatic heterocycles. The number of aryl methyl sites for hydroxylation is 1. The Bertz CT molecular complexity index is 759. The zero-order valence-corrected chi connectivity index (χ0v) is 15.0. The second-order valence-electron chi connectivity index (χ2n) is 7.82. The molecule has 0 heterocycles. The lowest BCUT2D eigenvalue weighted by Crippen LogP contribution is -2.24. The van der Waals surface area contributed by atoms with Crippen molar-refractivity contribution >= 4 is 0 Å². The fraction of sp³-hybridized carbons (Fsp3) is 0.458. The van der Waals surface area contributed by atoms with Crippen molar-refractivity contribution in [3.8, 4) is 6.07 Å². The van der Waals surface area contributed by atoms with Gasteiger partial charge in [-0.2, -0.15) is 5.26 Å². The molecule has 3 unspecified atom stereocenters. The maximum Gasteiger partial charge on any atom is 0.0994 e. The third-order valence-electron chi connectivity index (χ3n) is 6.51. The number of nitriles is 1. The van der Waals surface area contributed by atoms with Gasteiger partial charge in [0.1, 0.15) is 0 Å². The van der Waals surface area contributed by atoms with Gasteiger partial charge in [-0.1, -0.05) is 48.9 Å². The summed E-state index contributed by atoms with van der Waals surface area (Å²) < 4.78 is 0. The van der Waals surface area contributed by atoms with E-state index in [9.17, 15) is 5.26 Å². The lowest BCUT2D eigenvalue weighted by molar-refractivity contribution is 0.273. The Balaban J connectivity index is 1.52. The molecule has 1 nitrogen and oxygen atoms in total. The average Bonchev–Trinajstić information content (AvgIpc) is 2.87. The summed E-state index contributed by atoms with van der Waals surface area (Å²) in [6.45, 7) is 0. The van der Waals surface area contributed by atoms with Crippen molar-refractivity contribution in [3.05, 3.63) is 70.8 Å². The van der Waals surface area contributed by atoms with E-state index in [0.717, 1.165) is 23.8 Å². The summed E-state index contributed by atoms with van der Waals surface area (Å²) >= 11 is 0. The predicted molar refractivity (Wildman–Crippen MR) is 103 cm³/mol. The van der Waals surface area contributed by atoms with Gasteiger partial charge in [0.25, 0.3) is 0 Å². The van der Waals surface area contributed by atoms with Crippen molar-refractivity contribution < 1.29 is 0 Å². The Morgan fingerprint density at radius 3 is 2.84 bits per heavy atom. The minimum Gasteiger partial charge on any atom is -0.192 e. The summed E-state index contributed by atoms with van der Waals surface area (Å²) in [4.78, 5) is 0. The molecule has 3 aliphatic rings. The number of fused-ring (bicyclic) bond motifs is 3. The first-order valence-electron chi connectivity index (χ1n) is 9.92. The van der Waals surface area contributed by atoms with Crippen LogP contribution in [0.5, 0.6) is 0 Å². The van der Waals surface area contributed by atoms with Crippen LogP contribution >= 0.6 is 0 Å². The average molecular weight is 329 g/mol. The number of hydrogen-bond donors (Lipinski definition) is 0. The summed E-state index contributed by atoms with van der Waals surface area (Å²) in [5.41, 5.74) is 5.44. The normalized spacial score (nSPS) is 29.0. The number of nitrogens with zero attached hydrogens (tertiary/aromatic N) is 1. The third-order valence-corrected chi connectivity index (χ3v) is 6.51. The molecule has 0 aliphatic heterocycles. The van der Waals surface area contributed by atoms with Gasteiger partial charge in [-0.05, 0) is 85.5 Å². The lowest BCUT2D eigenvalue weighted by Gasteiger charge is -2.37. The zero-order chi connectivity index (χ0) is 17.1. The number of hydrogen-bond acceptors (Lipinski definition) is 1. The van der Waals surface area contributed by atoms with Crippen LogP contribution < -0.4 is 0 Å². The summed E-state index contributed by atoms with van der Waals surface area (Å²) in [5, 5.41) is 9.55. The maximum atomic E-state index is 9.55. The second-order valence-corrected chi connectivity index (χ2v) is 7.82. The minimum absolute atomic E-state index is 0.573. The minimum atomic E-state index is 0.573. The van der Waals surface area contributed by atoms with Crippen LogP contribution in [-0.2, 0) is 6.42 Å². The monoisotopic (exact) mass is 329 g/mol. The van der Waals surface area contributed by atoms with E-state index >= 15 is 0 Å². The Morgan fingerprint density at radius 2 is 1.92 bits per heavy atom. The molecule has 0 radical (unpaired) electrons. The molecule has 4 rings (SSSR count). The highest BCUT2D eigenvalue weighted by molar-refractivity contribution is 5.47. The Hall–Kier alpha value is -2.07. The van der Waals surface area contributed by atoms with Gasteiger partial charge in [0.15, 0.2) is 0 Å². The Labute approximate surface area is 151 Å². The molecule has 1 aromatic rings. The van der Waals surface area contributed by atoms with Crippen molar-refractivity contribution in [1.82, 2.24) is 0 Å². The fourth-order valence-electron chi connectivity index (χ4n) is 5.24. The topological polar surface area (TPSA) is 23.8 Å². The Morgan fingerprint density at radius 1 is 1.00 bits per heavy atom. The first kappa shape index (κ1) is 16.4. The van der Waals surface area contributed by atoms with Crippen molar-refractivity contribution in [1.29, 1.82) is 5.26 Å². The van der Waals surface area contributed by atoms with E-state index in [0.29, 0.717) is 5.92 Å². The fourth-order valence-corrected chi connectivity index (χ4v) is 5.24. The van der Waals surface area contributed by atoms with Crippen LogP contribution in [0.1, 0.15) is 62.0 Å². The van der Waals surface area contributed by atoms with Gasteiger partial charge in [0.2, 0.25) is 0 Å². The lowest BCUT2D eigenvalue weighted by atomic mass is 9.68. The third kappa shape index (κ3) is 3.36. The van der Waals surface area contributed by atoms with E-state index in [1.807, 2.05) is 12.2 Å². The molecule has 0 spiro atoms. The van der Waals surface area contributed by atoms with Gasteiger partial charge in [0.05, 0.1) is 11.6 Å². The molecule has 0 saturated heterocycles. The standard InChI is InChI=1S/C24H27N/c25-17-21-8-2-1-3-10-22(21)18-9-6-12-24-20(15-13-18)16-14-19-7-4-5-11-23(19)24/h1-2,4-5,7-8,10-11,18,20,24H,3,6,9,12-16H2. The highest BCUT2D eigenvalue weighted by Gasteiger charge is 2.32. The van der Waals surface area contributed by atoms with Crippen molar-refractivity contribution in [2.45, 2.75) is 57.3 Å². The first-order chi connectivity index (χ1) is 12.4. The van der Waals surface area contributed by atoms with Crippen molar-refractivity contribution in [3.63, 3.8) is 0 Å². The summed E-state index contributed by atoms with van der Waals surface area (Å²) in [6, 6.07) is 11.6. The van der Waals surface area contributed by atoms with E-state index in [2.05, 4.69) is 42.5 Å². The maximum absolute atomic E-state index is 9.55. The Kier molecular flexibility index (Phi) is 4.88. The number of benzene rings is 1. The molecule has 128 valence electrons. The summed E-state index contributed by atoms with van der Waals surface area (Å²) in [6.07, 6.45) is 18.5. The summed E-state index contributed by atoms with van der Waals surface area (Å²) in [5.74, 6) is 2.17. The van der Waals surface area contributed by atoms with Crippen LogP contribution in [0, 0.1) is 23.2 Å². The molecule has 3 aliphatic carbocycles. The molecule has 1 fully saturated rings. The van der Waals surface area contributed by atoms with Crippen LogP contribution in [0.2, 0.25) is 0 Å². The molecule has 3 atom stereocenters. The molecule has 0 bridgehead atoms. The van der Waals surface area contributed by atoms with E-state index < -0.39 is 0 Å². The molecule has 1 aromatic carbocycles. The van der Waals surface area contributed by atoms with Gasteiger partial charge in [0, 0.05) is 0 Å². The van der Waals surface area contributed by atoms with Crippen LogP contribution in [0.25, 0.3) is 0 Å². The zero-order valence-electron chi connectivity index (χ0n) is 15.0. The van der Waals surface area contributed by atoms with Crippen LogP contribution in [-0.4, -0.2) is 0 Å². The highest BCUT2D eigenvalue weighted by Crippen LogP contribution is 2.45. The van der Waals surface area contributed by atoms with Crippen LogP contribution in [0.4, 0.5) is 0 Å².